The second-order valence-corrected chi connectivity index (χ2v) is 8.05. The second-order valence-electron chi connectivity index (χ2n) is 8.05. The third-order valence-corrected chi connectivity index (χ3v) is 5.35. The van der Waals surface area contributed by atoms with Crippen LogP contribution in [0.4, 0.5) is 0 Å². The van der Waals surface area contributed by atoms with Crippen molar-refractivity contribution in [2.24, 2.45) is 0 Å². The molecule has 4 atom stereocenters. The molecule has 1 spiro atoms. The number of aliphatic hydroxyl groups is 1. The van der Waals surface area contributed by atoms with E-state index in [0.29, 0.717) is 0 Å². The number of carbonyl (C=O) groups is 4. The van der Waals surface area contributed by atoms with Gasteiger partial charge in [-0.3, -0.25) is 14.4 Å². The summed E-state index contributed by atoms with van der Waals surface area (Å²) in [6.45, 7) is 5.09. The number of carbonyl (C=O) groups excluding carboxylic acids is 4. The molecule has 2 saturated heterocycles. The van der Waals surface area contributed by atoms with Crippen LogP contribution in [-0.4, -0.2) is 58.5 Å². The predicted octanol–water partition coefficient (Wildman–Crippen LogP) is 0.714. The van der Waals surface area contributed by atoms with Gasteiger partial charge in [0, 0.05) is 33.1 Å². The summed E-state index contributed by atoms with van der Waals surface area (Å²) in [6, 6.07) is 0. The summed E-state index contributed by atoms with van der Waals surface area (Å²) in [5, 5.41) is 10.8. The van der Waals surface area contributed by atoms with Crippen LogP contribution in [0, 0.1) is 0 Å². The second kappa shape index (κ2) is 6.66. The smallest absolute Gasteiger partial charge is 0.340 e. The first kappa shape index (κ1) is 20.5. The van der Waals surface area contributed by atoms with E-state index in [-0.39, 0.29) is 49.2 Å². The number of fused-ring (bicyclic) bond motifs is 1. The van der Waals surface area contributed by atoms with Gasteiger partial charge < -0.3 is 24.1 Å². The SMILES string of the molecule is CC(=O)OCC1=C2[C@@H](OC(C)=O)C[C@@]3(C)O[C@@]2(C[C@](C)(O)CCC3=O)OC1=O. The lowest BCUT2D eigenvalue weighted by Crippen LogP contribution is -2.61. The zero-order valence-corrected chi connectivity index (χ0v) is 16.3. The molecule has 154 valence electrons. The standard InChI is InChI=1S/C19H24O9/c1-10(20)25-8-12-15-13(26-11(2)21)7-18(4)14(22)5-6-17(3,24)9-19(15,28-18)27-16(12)23/h13,24H,5-9H2,1-4H3/t13-,17+,18+,19+/m0/s1. The van der Waals surface area contributed by atoms with Gasteiger partial charge in [0.25, 0.3) is 0 Å². The molecular weight excluding hydrogens is 372 g/mol. The fraction of sp³-hybridized carbons (Fsp3) is 0.684. The number of hydrogen-bond acceptors (Lipinski definition) is 9. The number of ketones is 1. The third-order valence-electron chi connectivity index (χ3n) is 5.35. The molecular formula is C19H24O9. The summed E-state index contributed by atoms with van der Waals surface area (Å²) in [5.74, 6) is -4.08. The van der Waals surface area contributed by atoms with E-state index in [1.165, 1.54) is 20.8 Å². The van der Waals surface area contributed by atoms with Crippen molar-refractivity contribution in [1.82, 2.24) is 0 Å². The first-order valence-corrected chi connectivity index (χ1v) is 9.11. The maximum Gasteiger partial charge on any atom is 0.340 e. The van der Waals surface area contributed by atoms with Gasteiger partial charge in [-0.1, -0.05) is 0 Å². The van der Waals surface area contributed by atoms with E-state index in [1.807, 2.05) is 0 Å². The summed E-state index contributed by atoms with van der Waals surface area (Å²) in [5.41, 5.74) is -2.57. The Bertz CT molecular complexity index is 780. The molecule has 0 saturated carbocycles. The van der Waals surface area contributed by atoms with Crippen LogP contribution in [0.25, 0.3) is 0 Å². The fourth-order valence-corrected chi connectivity index (χ4v) is 4.17. The zero-order chi connectivity index (χ0) is 20.9. The highest BCUT2D eigenvalue weighted by atomic mass is 16.7. The molecule has 0 aromatic carbocycles. The van der Waals surface area contributed by atoms with Crippen LogP contribution in [-0.2, 0) is 38.1 Å². The van der Waals surface area contributed by atoms with Crippen LogP contribution < -0.4 is 0 Å². The van der Waals surface area contributed by atoms with Crippen LogP contribution in [0.3, 0.4) is 0 Å². The molecule has 9 nitrogen and oxygen atoms in total. The average Bonchev–Trinajstić information content (AvgIpc) is 2.79. The van der Waals surface area contributed by atoms with Crippen LogP contribution in [0.5, 0.6) is 0 Å². The molecule has 3 aliphatic rings. The van der Waals surface area contributed by atoms with Crippen molar-refractivity contribution in [3.63, 3.8) is 0 Å². The predicted molar refractivity (Wildman–Crippen MR) is 91.6 cm³/mol. The summed E-state index contributed by atoms with van der Waals surface area (Å²) >= 11 is 0. The van der Waals surface area contributed by atoms with Crippen molar-refractivity contribution < 1.29 is 43.2 Å². The topological polar surface area (TPSA) is 125 Å². The molecule has 2 fully saturated rings. The lowest BCUT2D eigenvalue weighted by atomic mass is 9.74. The van der Waals surface area contributed by atoms with Gasteiger partial charge in [-0.25, -0.2) is 4.79 Å². The molecule has 0 radical (unpaired) electrons. The van der Waals surface area contributed by atoms with Gasteiger partial charge in [-0.15, -0.1) is 0 Å². The lowest BCUT2D eigenvalue weighted by molar-refractivity contribution is -0.284. The maximum absolute atomic E-state index is 12.8. The Balaban J connectivity index is 2.16. The molecule has 0 unspecified atom stereocenters. The minimum Gasteiger partial charge on any atom is -0.461 e. The van der Waals surface area contributed by atoms with E-state index >= 15 is 0 Å². The Morgan fingerprint density at radius 2 is 1.89 bits per heavy atom. The molecule has 3 heterocycles. The summed E-state index contributed by atoms with van der Waals surface area (Å²) in [4.78, 5) is 48.3. The van der Waals surface area contributed by atoms with Crippen LogP contribution in [0.15, 0.2) is 11.1 Å². The van der Waals surface area contributed by atoms with Gasteiger partial charge in [-0.05, 0) is 20.3 Å². The minimum absolute atomic E-state index is 0.00711. The van der Waals surface area contributed by atoms with E-state index in [2.05, 4.69) is 0 Å². The Hall–Kier alpha value is -2.26. The number of rotatable bonds is 3. The van der Waals surface area contributed by atoms with Crippen molar-refractivity contribution in [3.8, 4) is 0 Å². The molecule has 9 heteroatoms. The highest BCUT2D eigenvalue weighted by molar-refractivity contribution is 5.95. The molecule has 3 aliphatic heterocycles. The molecule has 0 aromatic rings. The fourth-order valence-electron chi connectivity index (χ4n) is 4.17. The summed E-state index contributed by atoms with van der Waals surface area (Å²) in [6.07, 6.45) is -0.920. The zero-order valence-electron chi connectivity index (χ0n) is 16.3. The Kier molecular flexibility index (Phi) is 4.87. The molecule has 1 N–H and O–H groups in total. The molecule has 3 rings (SSSR count). The van der Waals surface area contributed by atoms with Crippen molar-refractivity contribution >= 4 is 23.7 Å². The van der Waals surface area contributed by atoms with Crippen molar-refractivity contribution in [2.75, 3.05) is 6.61 Å². The maximum atomic E-state index is 12.8. The number of esters is 3. The number of ether oxygens (including phenoxy) is 4. The quantitative estimate of drug-likeness (QED) is 0.542. The van der Waals surface area contributed by atoms with E-state index < -0.39 is 41.0 Å². The largest absolute Gasteiger partial charge is 0.461 e. The van der Waals surface area contributed by atoms with Gasteiger partial charge in [0.05, 0.1) is 16.7 Å². The van der Waals surface area contributed by atoms with Crippen molar-refractivity contribution in [2.45, 2.75) is 76.5 Å². The molecule has 28 heavy (non-hydrogen) atoms. The van der Waals surface area contributed by atoms with Crippen molar-refractivity contribution in [1.29, 1.82) is 0 Å². The first-order chi connectivity index (χ1) is 12.9. The van der Waals surface area contributed by atoms with Gasteiger partial charge in [0.2, 0.25) is 5.79 Å². The molecule has 2 bridgehead atoms. The summed E-state index contributed by atoms with van der Waals surface area (Å²) < 4.78 is 22.0. The Morgan fingerprint density at radius 3 is 2.50 bits per heavy atom. The lowest BCUT2D eigenvalue weighted by Gasteiger charge is -2.50. The van der Waals surface area contributed by atoms with Crippen LogP contribution in [0.2, 0.25) is 0 Å². The summed E-state index contributed by atoms with van der Waals surface area (Å²) in [7, 11) is 0. The highest BCUT2D eigenvalue weighted by Crippen LogP contribution is 2.52. The van der Waals surface area contributed by atoms with Gasteiger partial charge in [0.15, 0.2) is 5.78 Å². The third kappa shape index (κ3) is 3.56. The number of hydrogen-bond donors (Lipinski definition) is 1. The Morgan fingerprint density at radius 1 is 1.21 bits per heavy atom. The molecule has 0 aromatic heterocycles. The van der Waals surface area contributed by atoms with E-state index in [9.17, 15) is 24.3 Å². The van der Waals surface area contributed by atoms with Gasteiger partial charge >= 0.3 is 17.9 Å². The van der Waals surface area contributed by atoms with Gasteiger partial charge in [-0.2, -0.15) is 0 Å². The first-order valence-electron chi connectivity index (χ1n) is 9.11. The van der Waals surface area contributed by atoms with E-state index in [0.717, 1.165) is 0 Å². The van der Waals surface area contributed by atoms with Gasteiger partial charge in [0.1, 0.15) is 18.3 Å². The number of Topliss-reactive ketones (excluding diaryl/α,β-unsaturated/α-hetero) is 1. The average molecular weight is 396 g/mol. The van der Waals surface area contributed by atoms with Crippen molar-refractivity contribution in [3.05, 3.63) is 11.1 Å². The highest BCUT2D eigenvalue weighted by Gasteiger charge is 2.64. The molecule has 0 amide bonds. The van der Waals surface area contributed by atoms with Crippen LogP contribution in [0.1, 0.15) is 53.4 Å². The monoisotopic (exact) mass is 396 g/mol. The minimum atomic E-state index is -1.78. The van der Waals surface area contributed by atoms with E-state index in [4.69, 9.17) is 18.9 Å². The Labute approximate surface area is 161 Å². The molecule has 0 aliphatic carbocycles. The van der Waals surface area contributed by atoms with Crippen LogP contribution >= 0.6 is 0 Å². The van der Waals surface area contributed by atoms with E-state index in [1.54, 1.807) is 6.92 Å². The normalized spacial score (nSPS) is 37.5.